The Kier molecular flexibility index (Phi) is 6.31. The van der Waals surface area contributed by atoms with Gasteiger partial charge in [-0.25, -0.2) is 13.1 Å². The van der Waals surface area contributed by atoms with Gasteiger partial charge in [-0.15, -0.1) is 0 Å². The molecule has 2 unspecified atom stereocenters. The van der Waals surface area contributed by atoms with Crippen LogP contribution in [0.3, 0.4) is 0 Å². The van der Waals surface area contributed by atoms with Crippen molar-refractivity contribution in [2.24, 2.45) is 5.73 Å². The van der Waals surface area contributed by atoms with Crippen LogP contribution in [0, 0.1) is 0 Å². The van der Waals surface area contributed by atoms with E-state index < -0.39 is 15.3 Å². The summed E-state index contributed by atoms with van der Waals surface area (Å²) in [6.45, 7) is 5.41. The largest absolute Gasteiger partial charge is 0.392 e. The number of hydrogen-bond acceptors (Lipinski definition) is 3. The van der Waals surface area contributed by atoms with Crippen LogP contribution in [-0.2, 0) is 10.0 Å². The van der Waals surface area contributed by atoms with Gasteiger partial charge in [0.05, 0.1) is 4.99 Å². The summed E-state index contributed by atoms with van der Waals surface area (Å²) < 4.78 is 25.9. The molecule has 0 saturated heterocycles. The van der Waals surface area contributed by atoms with Crippen molar-refractivity contribution >= 4 is 27.2 Å². The molecule has 90 valence electrons. The molecule has 0 saturated carbocycles. The predicted octanol–water partition coefficient (Wildman–Crippen LogP) is 1.16. The van der Waals surface area contributed by atoms with E-state index in [1.165, 1.54) is 6.92 Å². The third-order valence-electron chi connectivity index (χ3n) is 2.22. The van der Waals surface area contributed by atoms with Gasteiger partial charge < -0.3 is 5.73 Å². The summed E-state index contributed by atoms with van der Waals surface area (Å²) in [6.07, 6.45) is 2.89. The van der Waals surface area contributed by atoms with Gasteiger partial charge in [-0.1, -0.05) is 32.0 Å². The molecule has 0 amide bonds. The highest BCUT2D eigenvalue weighted by Gasteiger charge is 2.24. The summed E-state index contributed by atoms with van der Waals surface area (Å²) in [7, 11) is -3.41. The van der Waals surface area contributed by atoms with Crippen molar-refractivity contribution in [2.45, 2.75) is 51.3 Å². The van der Waals surface area contributed by atoms with Crippen molar-refractivity contribution in [3.8, 4) is 0 Å². The van der Waals surface area contributed by atoms with Crippen molar-refractivity contribution in [3.63, 3.8) is 0 Å². The first-order chi connectivity index (χ1) is 6.81. The molecule has 3 N–H and O–H groups in total. The molecule has 0 aliphatic heterocycles. The molecular weight excluding hydrogens is 232 g/mol. The number of unbranched alkanes of at least 4 members (excludes halogenated alkanes) is 1. The van der Waals surface area contributed by atoms with E-state index in [0.717, 1.165) is 19.3 Å². The third kappa shape index (κ3) is 5.44. The Bertz CT molecular complexity index is 301. The Hall–Kier alpha value is -0.200. The Morgan fingerprint density at radius 3 is 2.40 bits per heavy atom. The van der Waals surface area contributed by atoms with Gasteiger partial charge in [0, 0.05) is 6.04 Å². The van der Waals surface area contributed by atoms with Gasteiger partial charge in [-0.2, -0.15) is 0 Å². The van der Waals surface area contributed by atoms with Crippen LogP contribution in [0.2, 0.25) is 0 Å². The molecular formula is C9H20N2O2S2. The Morgan fingerprint density at radius 2 is 2.00 bits per heavy atom. The van der Waals surface area contributed by atoms with Crippen LogP contribution in [0.1, 0.15) is 40.0 Å². The molecule has 0 aromatic rings. The molecule has 6 heteroatoms. The lowest BCUT2D eigenvalue weighted by molar-refractivity contribution is 0.532. The molecule has 0 rings (SSSR count). The lowest BCUT2D eigenvalue weighted by atomic mass is 10.2. The minimum atomic E-state index is -3.41. The number of sulfonamides is 1. The van der Waals surface area contributed by atoms with Gasteiger partial charge in [0.1, 0.15) is 5.25 Å². The van der Waals surface area contributed by atoms with Gasteiger partial charge in [-0.3, -0.25) is 0 Å². The van der Waals surface area contributed by atoms with Crippen LogP contribution < -0.4 is 10.5 Å². The van der Waals surface area contributed by atoms with E-state index in [1.54, 1.807) is 0 Å². The average Bonchev–Trinajstić information content (AvgIpc) is 2.12. The van der Waals surface area contributed by atoms with Crippen molar-refractivity contribution in [2.75, 3.05) is 0 Å². The van der Waals surface area contributed by atoms with E-state index in [1.807, 2.05) is 6.92 Å². The molecule has 0 aliphatic rings. The van der Waals surface area contributed by atoms with Crippen LogP contribution in [-0.4, -0.2) is 24.7 Å². The van der Waals surface area contributed by atoms with Crippen molar-refractivity contribution < 1.29 is 8.42 Å². The average molecular weight is 252 g/mol. The monoisotopic (exact) mass is 252 g/mol. The lowest BCUT2D eigenvalue weighted by Gasteiger charge is -2.17. The molecule has 0 bridgehead atoms. The lowest BCUT2D eigenvalue weighted by Crippen LogP contribution is -2.43. The fraction of sp³-hybridized carbons (Fsp3) is 0.889. The zero-order chi connectivity index (χ0) is 12.1. The molecule has 0 aromatic carbocycles. The number of nitrogens with one attached hydrogen (secondary N) is 1. The standard InChI is InChI=1S/C9H20N2O2S2/c1-4-5-6-7(2)11-15(12,13)8(3)9(10)14/h7-8,11H,4-6H2,1-3H3,(H2,10,14). The van der Waals surface area contributed by atoms with Crippen LogP contribution in [0.15, 0.2) is 0 Å². The molecule has 0 aromatic heterocycles. The van der Waals surface area contributed by atoms with Crippen molar-refractivity contribution in [3.05, 3.63) is 0 Å². The van der Waals surface area contributed by atoms with E-state index in [4.69, 9.17) is 5.73 Å². The molecule has 0 aliphatic carbocycles. The second-order valence-corrected chi connectivity index (χ2v) is 6.25. The number of rotatable bonds is 7. The smallest absolute Gasteiger partial charge is 0.220 e. The fourth-order valence-corrected chi connectivity index (χ4v) is 2.67. The zero-order valence-electron chi connectivity index (χ0n) is 9.49. The van der Waals surface area contributed by atoms with Crippen molar-refractivity contribution in [1.29, 1.82) is 0 Å². The number of thiocarbonyl (C=S) groups is 1. The van der Waals surface area contributed by atoms with E-state index in [-0.39, 0.29) is 11.0 Å². The second-order valence-electron chi connectivity index (χ2n) is 3.75. The van der Waals surface area contributed by atoms with E-state index >= 15 is 0 Å². The first-order valence-corrected chi connectivity index (χ1v) is 7.07. The maximum atomic E-state index is 11.7. The number of hydrogen-bond donors (Lipinski definition) is 2. The highest BCUT2D eigenvalue weighted by atomic mass is 32.2. The van der Waals surface area contributed by atoms with E-state index in [2.05, 4.69) is 23.9 Å². The summed E-state index contributed by atoms with van der Waals surface area (Å²) in [6, 6.07) is -0.0632. The summed E-state index contributed by atoms with van der Waals surface area (Å²) >= 11 is 4.67. The van der Waals surface area contributed by atoms with Gasteiger partial charge in [0.25, 0.3) is 0 Å². The number of nitrogens with two attached hydrogens (primary N) is 1. The molecule has 0 spiro atoms. The van der Waals surface area contributed by atoms with Gasteiger partial charge >= 0.3 is 0 Å². The van der Waals surface area contributed by atoms with Crippen LogP contribution in [0.5, 0.6) is 0 Å². The maximum Gasteiger partial charge on any atom is 0.220 e. The molecule has 0 radical (unpaired) electrons. The van der Waals surface area contributed by atoms with E-state index in [9.17, 15) is 8.42 Å². The first kappa shape index (κ1) is 14.8. The van der Waals surface area contributed by atoms with Gasteiger partial charge in [0.2, 0.25) is 10.0 Å². The minimum Gasteiger partial charge on any atom is -0.392 e. The van der Waals surface area contributed by atoms with E-state index in [0.29, 0.717) is 0 Å². The summed E-state index contributed by atoms with van der Waals surface area (Å²) in [4.78, 5) is 0.00481. The third-order valence-corrected chi connectivity index (χ3v) is 4.64. The second kappa shape index (κ2) is 6.40. The van der Waals surface area contributed by atoms with Gasteiger partial charge in [-0.05, 0) is 20.3 Å². The molecule has 2 atom stereocenters. The minimum absolute atomic E-state index is 0.00481. The molecule has 0 heterocycles. The molecule has 0 fully saturated rings. The maximum absolute atomic E-state index is 11.7. The summed E-state index contributed by atoms with van der Waals surface area (Å²) in [5.41, 5.74) is 5.31. The zero-order valence-corrected chi connectivity index (χ0v) is 11.1. The Morgan fingerprint density at radius 1 is 1.47 bits per heavy atom. The Balaban J connectivity index is 4.32. The first-order valence-electron chi connectivity index (χ1n) is 5.11. The Labute approximate surface area is 97.7 Å². The van der Waals surface area contributed by atoms with Gasteiger partial charge in [0.15, 0.2) is 0 Å². The van der Waals surface area contributed by atoms with Crippen LogP contribution in [0.4, 0.5) is 0 Å². The molecule has 4 nitrogen and oxygen atoms in total. The summed E-state index contributed by atoms with van der Waals surface area (Å²) in [5, 5.41) is -0.809. The highest BCUT2D eigenvalue weighted by Crippen LogP contribution is 2.05. The SMILES string of the molecule is CCCCC(C)NS(=O)(=O)C(C)C(N)=S. The fourth-order valence-electron chi connectivity index (χ4n) is 1.10. The quantitative estimate of drug-likeness (QED) is 0.667. The van der Waals surface area contributed by atoms with Crippen molar-refractivity contribution in [1.82, 2.24) is 4.72 Å². The normalized spacial score (nSPS) is 15.9. The predicted molar refractivity (Wildman–Crippen MR) is 67.3 cm³/mol. The summed E-state index contributed by atoms with van der Waals surface area (Å²) in [5.74, 6) is 0. The molecule has 15 heavy (non-hydrogen) atoms. The highest BCUT2D eigenvalue weighted by molar-refractivity contribution is 7.93. The van der Waals surface area contributed by atoms with Crippen LogP contribution in [0.25, 0.3) is 0 Å². The van der Waals surface area contributed by atoms with Crippen LogP contribution >= 0.6 is 12.2 Å². The topological polar surface area (TPSA) is 72.2 Å².